The SMILES string of the molecule is C[C@H]1Oc2ccc(NC(=O)[C@@H]3CCCN3C(=O)c3cccs3)cc2NC1=O. The van der Waals surface area contributed by atoms with Crippen LogP contribution in [0.4, 0.5) is 11.4 Å². The average Bonchev–Trinajstić information content (AvgIpc) is 3.34. The molecule has 2 aliphatic rings. The van der Waals surface area contributed by atoms with Crippen molar-refractivity contribution in [3.05, 3.63) is 40.6 Å². The van der Waals surface area contributed by atoms with Crippen LogP contribution < -0.4 is 15.4 Å². The number of amides is 3. The molecule has 2 aromatic rings. The molecule has 0 aliphatic carbocycles. The highest BCUT2D eigenvalue weighted by molar-refractivity contribution is 7.12. The van der Waals surface area contributed by atoms with E-state index in [9.17, 15) is 14.4 Å². The van der Waals surface area contributed by atoms with Gasteiger partial charge < -0.3 is 20.3 Å². The number of carbonyl (C=O) groups is 3. The van der Waals surface area contributed by atoms with Crippen molar-refractivity contribution in [1.29, 1.82) is 0 Å². The summed E-state index contributed by atoms with van der Waals surface area (Å²) in [6.45, 7) is 2.24. The maximum Gasteiger partial charge on any atom is 0.265 e. The molecule has 2 N–H and O–H groups in total. The van der Waals surface area contributed by atoms with Crippen LogP contribution in [0.5, 0.6) is 5.75 Å². The Labute approximate surface area is 160 Å². The molecule has 3 amide bonds. The summed E-state index contributed by atoms with van der Waals surface area (Å²) in [7, 11) is 0. The van der Waals surface area contributed by atoms with Gasteiger partial charge in [0.15, 0.2) is 6.10 Å². The lowest BCUT2D eigenvalue weighted by atomic mass is 10.1. The highest BCUT2D eigenvalue weighted by Crippen LogP contribution is 2.32. The van der Waals surface area contributed by atoms with Gasteiger partial charge >= 0.3 is 0 Å². The number of ether oxygens (including phenoxy) is 1. The molecule has 140 valence electrons. The fourth-order valence-corrected chi connectivity index (χ4v) is 4.02. The average molecular weight is 385 g/mol. The first kappa shape index (κ1) is 17.5. The molecule has 1 aromatic carbocycles. The van der Waals surface area contributed by atoms with Gasteiger partial charge in [-0.2, -0.15) is 0 Å². The van der Waals surface area contributed by atoms with E-state index in [0.717, 1.165) is 6.42 Å². The Morgan fingerprint density at radius 2 is 2.19 bits per heavy atom. The molecule has 0 radical (unpaired) electrons. The quantitative estimate of drug-likeness (QED) is 0.850. The van der Waals surface area contributed by atoms with Crippen LogP contribution in [-0.2, 0) is 9.59 Å². The minimum absolute atomic E-state index is 0.109. The number of fused-ring (bicyclic) bond motifs is 1. The van der Waals surface area contributed by atoms with Crippen LogP contribution in [0.3, 0.4) is 0 Å². The van der Waals surface area contributed by atoms with Gasteiger partial charge in [-0.3, -0.25) is 14.4 Å². The molecule has 1 saturated heterocycles. The largest absolute Gasteiger partial charge is 0.479 e. The zero-order valence-electron chi connectivity index (χ0n) is 14.7. The molecule has 0 bridgehead atoms. The Morgan fingerprint density at radius 1 is 1.33 bits per heavy atom. The normalized spacial score (nSPS) is 21.2. The number of hydrogen-bond acceptors (Lipinski definition) is 5. The summed E-state index contributed by atoms with van der Waals surface area (Å²) in [6.07, 6.45) is 0.875. The molecule has 0 saturated carbocycles. The molecular formula is C19H19N3O4S. The Balaban J connectivity index is 1.48. The van der Waals surface area contributed by atoms with Gasteiger partial charge in [-0.15, -0.1) is 11.3 Å². The highest BCUT2D eigenvalue weighted by atomic mass is 32.1. The molecule has 27 heavy (non-hydrogen) atoms. The first-order valence-electron chi connectivity index (χ1n) is 8.80. The van der Waals surface area contributed by atoms with Gasteiger partial charge in [-0.1, -0.05) is 6.07 Å². The fourth-order valence-electron chi connectivity index (χ4n) is 3.34. The second kappa shape index (κ2) is 7.03. The van der Waals surface area contributed by atoms with E-state index in [1.165, 1.54) is 11.3 Å². The van der Waals surface area contributed by atoms with Gasteiger partial charge in [0.05, 0.1) is 10.6 Å². The van der Waals surface area contributed by atoms with Gasteiger partial charge in [-0.25, -0.2) is 0 Å². The number of nitrogens with one attached hydrogen (secondary N) is 2. The lowest BCUT2D eigenvalue weighted by Gasteiger charge is -2.25. The zero-order chi connectivity index (χ0) is 19.0. The van der Waals surface area contributed by atoms with Crippen LogP contribution in [0.2, 0.25) is 0 Å². The molecule has 2 atom stereocenters. The molecule has 8 heteroatoms. The lowest BCUT2D eigenvalue weighted by molar-refractivity contribution is -0.122. The van der Waals surface area contributed by atoms with Gasteiger partial charge in [-0.05, 0) is 49.4 Å². The molecule has 2 aliphatic heterocycles. The maximum absolute atomic E-state index is 12.8. The molecule has 0 spiro atoms. The molecule has 3 heterocycles. The summed E-state index contributed by atoms with van der Waals surface area (Å²) in [5.74, 6) is 0.00137. The summed E-state index contributed by atoms with van der Waals surface area (Å²) >= 11 is 1.37. The van der Waals surface area contributed by atoms with Gasteiger partial charge in [0.2, 0.25) is 5.91 Å². The van der Waals surface area contributed by atoms with Crippen molar-refractivity contribution >= 4 is 40.4 Å². The van der Waals surface area contributed by atoms with E-state index in [1.807, 2.05) is 11.4 Å². The van der Waals surface area contributed by atoms with Gasteiger partial charge in [0, 0.05) is 12.2 Å². The van der Waals surface area contributed by atoms with Crippen molar-refractivity contribution in [2.24, 2.45) is 0 Å². The topological polar surface area (TPSA) is 87.7 Å². The fraction of sp³-hybridized carbons (Fsp3) is 0.316. The van der Waals surface area contributed by atoms with Gasteiger partial charge in [0.25, 0.3) is 11.8 Å². The summed E-state index contributed by atoms with van der Waals surface area (Å²) in [5, 5.41) is 7.46. The van der Waals surface area contributed by atoms with Gasteiger partial charge in [0.1, 0.15) is 11.8 Å². The van der Waals surface area contributed by atoms with E-state index >= 15 is 0 Å². The third-order valence-electron chi connectivity index (χ3n) is 4.73. The second-order valence-corrected chi connectivity index (χ2v) is 7.53. The van der Waals surface area contributed by atoms with Crippen LogP contribution in [0.15, 0.2) is 35.7 Å². The van der Waals surface area contributed by atoms with Crippen molar-refractivity contribution in [2.75, 3.05) is 17.2 Å². The number of hydrogen-bond donors (Lipinski definition) is 2. The van der Waals surface area contributed by atoms with E-state index in [4.69, 9.17) is 4.74 Å². The Hall–Kier alpha value is -2.87. The van der Waals surface area contributed by atoms with Crippen molar-refractivity contribution in [1.82, 2.24) is 4.90 Å². The number of thiophene rings is 1. The summed E-state index contributed by atoms with van der Waals surface area (Å²) in [4.78, 5) is 39.4. The summed E-state index contributed by atoms with van der Waals surface area (Å²) in [5.41, 5.74) is 1.07. The third kappa shape index (κ3) is 3.40. The van der Waals surface area contributed by atoms with E-state index in [-0.39, 0.29) is 17.7 Å². The number of likely N-dealkylation sites (tertiary alicyclic amines) is 1. The zero-order valence-corrected chi connectivity index (χ0v) is 15.5. The lowest BCUT2D eigenvalue weighted by Crippen LogP contribution is -2.43. The minimum Gasteiger partial charge on any atom is -0.479 e. The van der Waals surface area contributed by atoms with E-state index < -0.39 is 12.1 Å². The minimum atomic E-state index is -0.548. The first-order chi connectivity index (χ1) is 13.0. The number of benzene rings is 1. The monoisotopic (exact) mass is 385 g/mol. The predicted molar refractivity (Wildman–Crippen MR) is 102 cm³/mol. The standard InChI is InChI=1S/C19H19N3O4S/c1-11-17(23)21-13-10-12(6-7-15(13)26-11)20-18(24)14-4-2-8-22(14)19(25)16-5-3-9-27-16/h3,5-7,9-11,14H,2,4,8H2,1H3,(H,20,24)(H,21,23)/t11-,14+/m1/s1. The molecular weight excluding hydrogens is 366 g/mol. The number of nitrogens with zero attached hydrogens (tertiary/aromatic N) is 1. The summed E-state index contributed by atoms with van der Waals surface area (Å²) in [6, 6.07) is 8.20. The Bertz CT molecular complexity index is 896. The number of rotatable bonds is 3. The van der Waals surface area contributed by atoms with Crippen LogP contribution in [0, 0.1) is 0 Å². The van der Waals surface area contributed by atoms with Crippen molar-refractivity contribution in [3.8, 4) is 5.75 Å². The van der Waals surface area contributed by atoms with E-state index in [1.54, 1.807) is 36.1 Å². The van der Waals surface area contributed by atoms with Crippen LogP contribution in [0.1, 0.15) is 29.4 Å². The highest BCUT2D eigenvalue weighted by Gasteiger charge is 2.35. The van der Waals surface area contributed by atoms with E-state index in [2.05, 4.69) is 10.6 Å². The summed E-state index contributed by atoms with van der Waals surface area (Å²) < 4.78 is 5.52. The van der Waals surface area contributed by atoms with Crippen LogP contribution in [-0.4, -0.2) is 41.3 Å². The number of carbonyl (C=O) groups excluding carboxylic acids is 3. The Morgan fingerprint density at radius 3 is 2.96 bits per heavy atom. The number of anilines is 2. The van der Waals surface area contributed by atoms with E-state index in [0.29, 0.717) is 35.0 Å². The first-order valence-corrected chi connectivity index (χ1v) is 9.68. The molecule has 1 fully saturated rings. The van der Waals surface area contributed by atoms with Crippen LogP contribution >= 0.6 is 11.3 Å². The molecule has 4 rings (SSSR count). The van der Waals surface area contributed by atoms with Crippen molar-refractivity contribution in [2.45, 2.75) is 31.9 Å². The van der Waals surface area contributed by atoms with Crippen LogP contribution in [0.25, 0.3) is 0 Å². The maximum atomic E-state index is 12.8. The van der Waals surface area contributed by atoms with Crippen molar-refractivity contribution < 1.29 is 19.1 Å². The predicted octanol–water partition coefficient (Wildman–Crippen LogP) is 2.71. The molecule has 0 unspecified atom stereocenters. The molecule has 1 aromatic heterocycles. The smallest absolute Gasteiger partial charge is 0.265 e. The van der Waals surface area contributed by atoms with Crippen molar-refractivity contribution in [3.63, 3.8) is 0 Å². The molecule has 7 nitrogen and oxygen atoms in total. The second-order valence-electron chi connectivity index (χ2n) is 6.58. The Kier molecular flexibility index (Phi) is 4.57. The third-order valence-corrected chi connectivity index (χ3v) is 5.58.